The van der Waals surface area contributed by atoms with Gasteiger partial charge in [-0.3, -0.25) is 9.59 Å². The molecule has 0 aliphatic carbocycles. The number of likely N-dealkylation sites (tertiary alicyclic amines) is 1. The first-order chi connectivity index (χ1) is 9.61. The van der Waals surface area contributed by atoms with Crippen LogP contribution in [0.1, 0.15) is 48.5 Å². The van der Waals surface area contributed by atoms with Crippen molar-refractivity contribution in [1.82, 2.24) is 4.90 Å². The molecule has 0 saturated carbocycles. The Balaban J connectivity index is 1.93. The van der Waals surface area contributed by atoms with Gasteiger partial charge in [0.15, 0.2) is 5.78 Å². The minimum Gasteiger partial charge on any atom is -0.343 e. The van der Waals surface area contributed by atoms with Crippen molar-refractivity contribution in [3.8, 4) is 0 Å². The zero-order valence-corrected chi connectivity index (χ0v) is 12.4. The van der Waals surface area contributed by atoms with E-state index >= 15 is 0 Å². The van der Waals surface area contributed by atoms with E-state index in [1.165, 1.54) is 0 Å². The standard InChI is InChI=1S/C17H23NO2/c1-3-5-16(19)18-10-8-14(9-11-18)17(20)15-7-4-6-13(2)12-15/h4,6-7,12,14H,3,5,8-11H2,1-2H3. The largest absolute Gasteiger partial charge is 0.343 e. The second-order valence-electron chi connectivity index (χ2n) is 5.64. The minimum atomic E-state index is 0.0717. The van der Waals surface area contributed by atoms with Gasteiger partial charge in [0, 0.05) is 31.0 Å². The molecule has 1 amide bonds. The van der Waals surface area contributed by atoms with Crippen LogP contribution in [0.25, 0.3) is 0 Å². The Bertz CT molecular complexity index is 488. The first-order valence-corrected chi connectivity index (χ1v) is 7.50. The highest BCUT2D eigenvalue weighted by Gasteiger charge is 2.27. The molecule has 108 valence electrons. The number of carbonyl (C=O) groups excluding carboxylic acids is 2. The summed E-state index contributed by atoms with van der Waals surface area (Å²) in [5, 5.41) is 0. The number of hydrogen-bond acceptors (Lipinski definition) is 2. The third-order valence-electron chi connectivity index (χ3n) is 3.98. The molecule has 0 bridgehead atoms. The van der Waals surface area contributed by atoms with E-state index in [1.54, 1.807) is 0 Å². The SMILES string of the molecule is CCCC(=O)N1CCC(C(=O)c2cccc(C)c2)CC1. The summed E-state index contributed by atoms with van der Waals surface area (Å²) < 4.78 is 0. The van der Waals surface area contributed by atoms with Gasteiger partial charge in [0.1, 0.15) is 0 Å². The van der Waals surface area contributed by atoms with Crippen LogP contribution in [0, 0.1) is 12.8 Å². The zero-order chi connectivity index (χ0) is 14.5. The first-order valence-electron chi connectivity index (χ1n) is 7.50. The highest BCUT2D eigenvalue weighted by atomic mass is 16.2. The molecule has 0 aromatic heterocycles. The van der Waals surface area contributed by atoms with Crippen molar-refractivity contribution in [2.75, 3.05) is 13.1 Å². The lowest BCUT2D eigenvalue weighted by Crippen LogP contribution is -2.40. The summed E-state index contributed by atoms with van der Waals surface area (Å²) in [6, 6.07) is 7.78. The summed E-state index contributed by atoms with van der Waals surface area (Å²) in [4.78, 5) is 26.2. The van der Waals surface area contributed by atoms with E-state index in [0.29, 0.717) is 6.42 Å². The lowest BCUT2D eigenvalue weighted by Gasteiger charge is -2.31. The number of rotatable bonds is 4. The third-order valence-corrected chi connectivity index (χ3v) is 3.98. The molecule has 1 aliphatic heterocycles. The number of hydrogen-bond donors (Lipinski definition) is 0. The normalized spacial score (nSPS) is 16.2. The van der Waals surface area contributed by atoms with Crippen molar-refractivity contribution in [2.45, 2.75) is 39.5 Å². The fourth-order valence-corrected chi connectivity index (χ4v) is 2.80. The Labute approximate surface area is 121 Å². The summed E-state index contributed by atoms with van der Waals surface area (Å²) in [6.07, 6.45) is 3.10. The van der Waals surface area contributed by atoms with Crippen LogP contribution in [0.4, 0.5) is 0 Å². The maximum Gasteiger partial charge on any atom is 0.222 e. The highest BCUT2D eigenvalue weighted by molar-refractivity contribution is 5.98. The minimum absolute atomic E-state index is 0.0717. The molecule has 3 nitrogen and oxygen atoms in total. The van der Waals surface area contributed by atoms with Crippen LogP contribution in [-0.2, 0) is 4.79 Å². The van der Waals surface area contributed by atoms with Crippen LogP contribution in [0.5, 0.6) is 0 Å². The molecule has 1 heterocycles. The van der Waals surface area contributed by atoms with Gasteiger partial charge < -0.3 is 4.90 Å². The van der Waals surface area contributed by atoms with Gasteiger partial charge in [-0.05, 0) is 32.3 Å². The Morgan fingerprint density at radius 3 is 2.55 bits per heavy atom. The molecule has 1 fully saturated rings. The number of amides is 1. The summed E-state index contributed by atoms with van der Waals surface area (Å²) >= 11 is 0. The quantitative estimate of drug-likeness (QED) is 0.790. The predicted octanol–water partition coefficient (Wildman–Crippen LogP) is 3.22. The number of Topliss-reactive ketones (excluding diaryl/α,β-unsaturated/α-hetero) is 1. The van der Waals surface area contributed by atoms with Crippen LogP contribution in [0.3, 0.4) is 0 Å². The van der Waals surface area contributed by atoms with Gasteiger partial charge in [0.05, 0.1) is 0 Å². The van der Waals surface area contributed by atoms with Crippen molar-refractivity contribution in [3.05, 3.63) is 35.4 Å². The molecule has 0 N–H and O–H groups in total. The van der Waals surface area contributed by atoms with E-state index in [4.69, 9.17) is 0 Å². The number of aryl methyl sites for hydroxylation is 1. The molecule has 0 spiro atoms. The van der Waals surface area contributed by atoms with E-state index in [0.717, 1.165) is 43.5 Å². The van der Waals surface area contributed by atoms with Gasteiger partial charge >= 0.3 is 0 Å². The molecule has 20 heavy (non-hydrogen) atoms. The van der Waals surface area contributed by atoms with Crippen molar-refractivity contribution in [1.29, 1.82) is 0 Å². The lowest BCUT2D eigenvalue weighted by atomic mass is 9.88. The summed E-state index contributed by atoms with van der Waals surface area (Å²) in [5.74, 6) is 0.535. The molecular formula is C17H23NO2. The molecule has 1 aromatic carbocycles. The van der Waals surface area contributed by atoms with Gasteiger partial charge in [0.25, 0.3) is 0 Å². The summed E-state index contributed by atoms with van der Waals surface area (Å²) in [6.45, 7) is 5.47. The van der Waals surface area contributed by atoms with Crippen LogP contribution < -0.4 is 0 Å². The van der Waals surface area contributed by atoms with Gasteiger partial charge in [-0.15, -0.1) is 0 Å². The number of ketones is 1. The fraction of sp³-hybridized carbons (Fsp3) is 0.529. The fourth-order valence-electron chi connectivity index (χ4n) is 2.80. The number of piperidine rings is 1. The van der Waals surface area contributed by atoms with E-state index in [1.807, 2.05) is 43.0 Å². The first kappa shape index (κ1) is 14.8. The molecule has 1 saturated heterocycles. The van der Waals surface area contributed by atoms with Gasteiger partial charge in [0.2, 0.25) is 5.91 Å². The van der Waals surface area contributed by atoms with Gasteiger partial charge in [-0.1, -0.05) is 30.7 Å². The average molecular weight is 273 g/mol. The molecule has 3 heteroatoms. The lowest BCUT2D eigenvalue weighted by molar-refractivity contribution is -0.132. The topological polar surface area (TPSA) is 37.4 Å². The Hall–Kier alpha value is -1.64. The number of nitrogens with zero attached hydrogens (tertiary/aromatic N) is 1. The molecule has 0 unspecified atom stereocenters. The van der Waals surface area contributed by atoms with E-state index in [-0.39, 0.29) is 17.6 Å². The maximum atomic E-state index is 12.5. The molecular weight excluding hydrogens is 250 g/mol. The predicted molar refractivity (Wildman–Crippen MR) is 79.7 cm³/mol. The monoisotopic (exact) mass is 273 g/mol. The Kier molecular flexibility index (Phi) is 4.94. The van der Waals surface area contributed by atoms with Gasteiger partial charge in [-0.25, -0.2) is 0 Å². The molecule has 1 aliphatic rings. The molecule has 0 atom stereocenters. The Morgan fingerprint density at radius 1 is 1.25 bits per heavy atom. The van der Waals surface area contributed by atoms with Crippen molar-refractivity contribution in [2.24, 2.45) is 5.92 Å². The van der Waals surface area contributed by atoms with Crippen LogP contribution in [-0.4, -0.2) is 29.7 Å². The van der Waals surface area contributed by atoms with Crippen molar-refractivity contribution in [3.63, 3.8) is 0 Å². The average Bonchev–Trinajstić information content (AvgIpc) is 2.47. The van der Waals surface area contributed by atoms with Crippen LogP contribution in [0.15, 0.2) is 24.3 Å². The highest BCUT2D eigenvalue weighted by Crippen LogP contribution is 2.22. The van der Waals surface area contributed by atoms with Crippen molar-refractivity contribution < 1.29 is 9.59 Å². The summed E-state index contributed by atoms with van der Waals surface area (Å²) in [7, 11) is 0. The summed E-state index contributed by atoms with van der Waals surface area (Å²) in [5.41, 5.74) is 1.93. The third kappa shape index (κ3) is 3.47. The number of carbonyl (C=O) groups is 2. The van der Waals surface area contributed by atoms with Crippen LogP contribution >= 0.6 is 0 Å². The smallest absolute Gasteiger partial charge is 0.222 e. The Morgan fingerprint density at radius 2 is 1.95 bits per heavy atom. The van der Waals surface area contributed by atoms with E-state index < -0.39 is 0 Å². The molecule has 0 radical (unpaired) electrons. The zero-order valence-electron chi connectivity index (χ0n) is 12.4. The second kappa shape index (κ2) is 6.69. The van der Waals surface area contributed by atoms with E-state index in [9.17, 15) is 9.59 Å². The molecule has 2 rings (SSSR count). The van der Waals surface area contributed by atoms with Crippen molar-refractivity contribution >= 4 is 11.7 Å². The van der Waals surface area contributed by atoms with Crippen LogP contribution in [0.2, 0.25) is 0 Å². The van der Waals surface area contributed by atoms with E-state index in [2.05, 4.69) is 0 Å². The maximum absolute atomic E-state index is 12.5. The molecule has 1 aromatic rings. The van der Waals surface area contributed by atoms with Gasteiger partial charge in [-0.2, -0.15) is 0 Å². The number of benzene rings is 1. The second-order valence-corrected chi connectivity index (χ2v) is 5.64.